The molecule has 15 nitrogen and oxygen atoms in total. The van der Waals surface area contributed by atoms with E-state index >= 15 is 0 Å². The fraction of sp³-hybridized carbons (Fsp3) is 0.295. The van der Waals surface area contributed by atoms with Gasteiger partial charge in [-0.15, -0.1) is 6.58 Å². The molecule has 0 aliphatic carbocycles. The number of aromatic hydroxyl groups is 1. The van der Waals surface area contributed by atoms with Crippen molar-refractivity contribution in [3.8, 4) is 5.75 Å². The maximum Gasteiger partial charge on any atom is 0.334 e. The van der Waals surface area contributed by atoms with Crippen molar-refractivity contribution >= 4 is 46.2 Å². The Bertz CT molecular complexity index is 2340. The van der Waals surface area contributed by atoms with Crippen LogP contribution in [0.15, 0.2) is 110 Å². The number of para-hydroxylation sites is 1. The summed E-state index contributed by atoms with van der Waals surface area (Å²) in [6, 6.07) is 24.1. The predicted molar refractivity (Wildman–Crippen MR) is 222 cm³/mol. The standard InChI is InChI=1S/C44H47N9O6/c1-3-18-51-29-40(55)52-37(23-30-12-15-34(54)16-13-30)43(57)50(28-39(52)53(51)44(58)46-24-31-8-5-4-6-9-31)26-32-10-7-11-35-36(27-48(2)41(32)35)42(56)47-33-14-17-38(45-25-33)49-19-21-59-22-20-49/h3-17,25,27,37,39,54H,1,18-24,26,28-29H2,2H3,(H,46,58)(H,47,56)/t37-,39?/m0/s1. The number of aromatic nitrogens is 2. The number of nitrogens with one attached hydrogen (secondary N) is 2. The van der Waals surface area contributed by atoms with Crippen molar-refractivity contribution in [2.45, 2.75) is 31.7 Å². The third kappa shape index (κ3) is 8.20. The molecule has 0 saturated carbocycles. The Morgan fingerprint density at radius 3 is 2.47 bits per heavy atom. The van der Waals surface area contributed by atoms with Crippen molar-refractivity contribution in [1.29, 1.82) is 0 Å². The van der Waals surface area contributed by atoms with Crippen LogP contribution in [0.4, 0.5) is 16.3 Å². The van der Waals surface area contributed by atoms with E-state index in [1.165, 1.54) is 0 Å². The summed E-state index contributed by atoms with van der Waals surface area (Å²) in [4.78, 5) is 66.7. The van der Waals surface area contributed by atoms with Crippen molar-refractivity contribution in [3.05, 3.63) is 132 Å². The van der Waals surface area contributed by atoms with Gasteiger partial charge in [-0.05, 0) is 41.0 Å². The van der Waals surface area contributed by atoms with Gasteiger partial charge in [-0.3, -0.25) is 14.4 Å². The summed E-state index contributed by atoms with van der Waals surface area (Å²) < 4.78 is 7.33. The lowest BCUT2D eigenvalue weighted by molar-refractivity contribution is -0.189. The number of fused-ring (bicyclic) bond motifs is 2. The molecule has 2 atom stereocenters. The molecular weight excluding hydrogens is 751 g/mol. The number of aryl methyl sites for hydroxylation is 1. The highest BCUT2D eigenvalue weighted by Gasteiger charge is 2.51. The Balaban J connectivity index is 1.09. The van der Waals surface area contributed by atoms with Crippen LogP contribution in [0.3, 0.4) is 0 Å². The van der Waals surface area contributed by atoms with Gasteiger partial charge in [0.15, 0.2) is 0 Å². The number of nitrogens with zero attached hydrogens (tertiary/aromatic N) is 7. The summed E-state index contributed by atoms with van der Waals surface area (Å²) >= 11 is 0. The number of urea groups is 1. The van der Waals surface area contributed by atoms with Gasteiger partial charge in [-0.1, -0.05) is 66.7 Å². The molecule has 5 aromatic rings. The molecule has 3 saturated heterocycles. The van der Waals surface area contributed by atoms with Gasteiger partial charge in [0.2, 0.25) is 11.8 Å². The lowest BCUT2D eigenvalue weighted by Crippen LogP contribution is -2.76. The van der Waals surface area contributed by atoms with Crippen molar-refractivity contribution in [2.75, 3.05) is 56.2 Å². The first kappa shape index (κ1) is 39.1. The van der Waals surface area contributed by atoms with E-state index in [2.05, 4.69) is 27.1 Å². The number of rotatable bonds is 11. The number of hydrogen-bond acceptors (Lipinski definition) is 9. The molecule has 2 aromatic heterocycles. The van der Waals surface area contributed by atoms with Crippen LogP contribution in [0.1, 0.15) is 27.0 Å². The van der Waals surface area contributed by atoms with Gasteiger partial charge in [-0.25, -0.2) is 19.8 Å². The SMILES string of the molecule is C=CCN1CC(=O)N2C(CN(Cc3cccc4c(C(=O)Nc5ccc(N6CCOCC6)nc5)cn(C)c34)C(=O)[C@@H]2Cc2ccc(O)cc2)N1C(=O)NCc1ccccc1. The number of hydrogen-bond donors (Lipinski definition) is 3. The maximum absolute atomic E-state index is 14.7. The van der Waals surface area contributed by atoms with Gasteiger partial charge < -0.3 is 39.7 Å². The number of phenolic OH excluding ortho intramolecular Hbond substituents is 1. The fourth-order valence-electron chi connectivity index (χ4n) is 8.26. The van der Waals surface area contributed by atoms with Gasteiger partial charge in [0, 0.05) is 57.8 Å². The molecule has 5 amide bonds. The number of morpholine rings is 1. The number of hydrazine groups is 1. The average molecular weight is 798 g/mol. The van der Waals surface area contributed by atoms with Crippen LogP contribution in [0.25, 0.3) is 10.9 Å². The Labute approximate surface area is 342 Å². The molecule has 15 heteroatoms. The first-order valence-electron chi connectivity index (χ1n) is 19.7. The highest BCUT2D eigenvalue weighted by Crippen LogP contribution is 2.32. The van der Waals surface area contributed by atoms with Gasteiger partial charge in [0.05, 0.1) is 49.3 Å². The smallest absolute Gasteiger partial charge is 0.334 e. The molecule has 59 heavy (non-hydrogen) atoms. The van der Waals surface area contributed by atoms with E-state index in [0.717, 1.165) is 41.1 Å². The summed E-state index contributed by atoms with van der Waals surface area (Å²) in [5, 5.41) is 19.9. The second-order valence-electron chi connectivity index (χ2n) is 14.9. The Morgan fingerprint density at radius 2 is 1.75 bits per heavy atom. The predicted octanol–water partition coefficient (Wildman–Crippen LogP) is 4.10. The molecule has 5 heterocycles. The van der Waals surface area contributed by atoms with E-state index in [0.29, 0.717) is 29.9 Å². The van der Waals surface area contributed by atoms with Crippen LogP contribution in [0, 0.1) is 0 Å². The summed E-state index contributed by atoms with van der Waals surface area (Å²) in [5.74, 6) is 0.0467. The van der Waals surface area contributed by atoms with Gasteiger partial charge in [0.25, 0.3) is 5.91 Å². The largest absolute Gasteiger partial charge is 0.508 e. The molecule has 3 aliphatic rings. The Kier molecular flexibility index (Phi) is 11.3. The summed E-state index contributed by atoms with van der Waals surface area (Å²) in [6.07, 6.45) is 4.39. The second-order valence-corrected chi connectivity index (χ2v) is 14.9. The molecule has 8 rings (SSSR count). The van der Waals surface area contributed by atoms with Crippen molar-refractivity contribution < 1.29 is 29.0 Å². The van der Waals surface area contributed by atoms with Gasteiger partial charge >= 0.3 is 6.03 Å². The quantitative estimate of drug-likeness (QED) is 0.168. The monoisotopic (exact) mass is 797 g/mol. The zero-order valence-corrected chi connectivity index (χ0v) is 32.9. The molecular formula is C44H47N9O6. The lowest BCUT2D eigenvalue weighted by atomic mass is 9.98. The first-order chi connectivity index (χ1) is 28.7. The molecule has 0 bridgehead atoms. The summed E-state index contributed by atoms with van der Waals surface area (Å²) in [7, 11) is 1.86. The van der Waals surface area contributed by atoms with Crippen LogP contribution < -0.4 is 15.5 Å². The van der Waals surface area contributed by atoms with E-state index in [9.17, 15) is 24.3 Å². The highest BCUT2D eigenvalue weighted by atomic mass is 16.5. The highest BCUT2D eigenvalue weighted by molar-refractivity contribution is 6.13. The Morgan fingerprint density at radius 1 is 0.966 bits per heavy atom. The van der Waals surface area contributed by atoms with Crippen molar-refractivity contribution in [1.82, 2.24) is 34.7 Å². The minimum Gasteiger partial charge on any atom is -0.508 e. The summed E-state index contributed by atoms with van der Waals surface area (Å²) in [6.45, 7) is 7.23. The first-order valence-corrected chi connectivity index (χ1v) is 19.7. The molecule has 3 N–H and O–H groups in total. The van der Waals surface area contributed by atoms with Crippen LogP contribution in [0.2, 0.25) is 0 Å². The number of phenols is 1. The number of benzene rings is 3. The Hall–Kier alpha value is -6.71. The van der Waals surface area contributed by atoms with Gasteiger partial charge in [0.1, 0.15) is 23.8 Å². The number of amides is 5. The number of anilines is 2. The van der Waals surface area contributed by atoms with Crippen molar-refractivity contribution in [3.63, 3.8) is 0 Å². The molecule has 3 fully saturated rings. The van der Waals surface area contributed by atoms with Gasteiger partial charge in [-0.2, -0.15) is 0 Å². The second kappa shape index (κ2) is 17.0. The van der Waals surface area contributed by atoms with Crippen LogP contribution in [-0.4, -0.2) is 116 Å². The zero-order chi connectivity index (χ0) is 41.0. The zero-order valence-electron chi connectivity index (χ0n) is 32.9. The van der Waals surface area contributed by atoms with Crippen LogP contribution >= 0.6 is 0 Å². The van der Waals surface area contributed by atoms with E-state index in [1.54, 1.807) is 62.6 Å². The summed E-state index contributed by atoms with van der Waals surface area (Å²) in [5.41, 5.74) is 4.24. The number of piperazine rings is 1. The third-order valence-electron chi connectivity index (χ3n) is 11.1. The third-order valence-corrected chi connectivity index (χ3v) is 11.1. The van der Waals surface area contributed by atoms with E-state index in [1.807, 2.05) is 72.3 Å². The van der Waals surface area contributed by atoms with E-state index in [4.69, 9.17) is 4.74 Å². The van der Waals surface area contributed by atoms with Crippen molar-refractivity contribution in [2.24, 2.45) is 7.05 Å². The number of carbonyl (C=O) groups excluding carboxylic acids is 4. The molecule has 0 spiro atoms. The van der Waals surface area contributed by atoms with Crippen LogP contribution in [-0.2, 0) is 40.9 Å². The van der Waals surface area contributed by atoms with E-state index in [-0.39, 0.29) is 62.6 Å². The molecule has 1 unspecified atom stereocenters. The average Bonchev–Trinajstić information content (AvgIpc) is 3.60. The molecule has 3 aliphatic heterocycles. The minimum atomic E-state index is -0.946. The van der Waals surface area contributed by atoms with Crippen LogP contribution in [0.5, 0.6) is 5.75 Å². The number of pyridine rings is 1. The lowest BCUT2D eigenvalue weighted by Gasteiger charge is -2.55. The number of ether oxygens (including phenoxy) is 1. The maximum atomic E-state index is 14.7. The topological polar surface area (TPSA) is 156 Å². The fourth-order valence-corrected chi connectivity index (χ4v) is 8.26. The molecule has 3 aromatic carbocycles. The number of carbonyl (C=O) groups is 4. The molecule has 0 radical (unpaired) electrons. The minimum absolute atomic E-state index is 0.0324. The normalized spacial score (nSPS) is 18.5. The molecule has 304 valence electrons. The van der Waals surface area contributed by atoms with E-state index < -0.39 is 18.2 Å².